The standard InChI is InChI=1S/C10H21NO3/c1-3-5-9(11)10(12)14-8-7-13-6-4-2/h9H,3-8,11H2,1-2H3. The number of ether oxygens (including phenoxy) is 2. The summed E-state index contributed by atoms with van der Waals surface area (Å²) in [6.07, 6.45) is 2.54. The Morgan fingerprint density at radius 2 is 1.93 bits per heavy atom. The maximum absolute atomic E-state index is 11.2. The molecule has 0 radical (unpaired) electrons. The van der Waals surface area contributed by atoms with E-state index in [9.17, 15) is 4.79 Å². The van der Waals surface area contributed by atoms with E-state index in [1.807, 2.05) is 13.8 Å². The Kier molecular flexibility index (Phi) is 8.57. The molecular weight excluding hydrogens is 182 g/mol. The topological polar surface area (TPSA) is 61.5 Å². The van der Waals surface area contributed by atoms with Gasteiger partial charge < -0.3 is 15.2 Å². The quantitative estimate of drug-likeness (QED) is 0.473. The minimum Gasteiger partial charge on any atom is -0.462 e. The third kappa shape index (κ3) is 6.86. The van der Waals surface area contributed by atoms with Crippen molar-refractivity contribution in [3.63, 3.8) is 0 Å². The molecule has 4 heteroatoms. The fourth-order valence-corrected chi connectivity index (χ4v) is 0.983. The van der Waals surface area contributed by atoms with Gasteiger partial charge in [-0.25, -0.2) is 0 Å². The molecule has 1 unspecified atom stereocenters. The van der Waals surface area contributed by atoms with Crippen LogP contribution < -0.4 is 5.73 Å². The van der Waals surface area contributed by atoms with Crippen molar-refractivity contribution >= 4 is 5.97 Å². The maximum atomic E-state index is 11.2. The minimum absolute atomic E-state index is 0.302. The van der Waals surface area contributed by atoms with Crippen LogP contribution in [0, 0.1) is 0 Å². The van der Waals surface area contributed by atoms with Gasteiger partial charge in [-0.3, -0.25) is 4.79 Å². The largest absolute Gasteiger partial charge is 0.462 e. The molecule has 0 heterocycles. The van der Waals surface area contributed by atoms with Crippen LogP contribution in [0.15, 0.2) is 0 Å². The summed E-state index contributed by atoms with van der Waals surface area (Å²) in [7, 11) is 0. The van der Waals surface area contributed by atoms with Gasteiger partial charge in [0.15, 0.2) is 0 Å². The molecule has 0 aliphatic rings. The van der Waals surface area contributed by atoms with Gasteiger partial charge in [0.1, 0.15) is 12.6 Å². The van der Waals surface area contributed by atoms with Crippen molar-refractivity contribution in [3.8, 4) is 0 Å². The first-order chi connectivity index (χ1) is 6.72. The molecule has 0 fully saturated rings. The minimum atomic E-state index is -0.480. The summed E-state index contributed by atoms with van der Waals surface area (Å²) < 4.78 is 10.1. The highest BCUT2D eigenvalue weighted by atomic mass is 16.6. The van der Waals surface area contributed by atoms with Crippen molar-refractivity contribution in [2.24, 2.45) is 5.73 Å². The molecule has 0 aromatic heterocycles. The molecule has 0 aromatic rings. The molecule has 0 aliphatic carbocycles. The first-order valence-corrected chi connectivity index (χ1v) is 5.22. The second kappa shape index (κ2) is 8.97. The predicted octanol–water partition coefficient (Wildman–Crippen LogP) is 1.08. The molecule has 0 aliphatic heterocycles. The fraction of sp³-hybridized carbons (Fsp3) is 0.900. The average molecular weight is 203 g/mol. The SMILES string of the molecule is CCCOCCOC(=O)C(N)CCC. The van der Waals surface area contributed by atoms with Gasteiger partial charge >= 0.3 is 5.97 Å². The molecule has 0 saturated carbocycles. The first kappa shape index (κ1) is 13.4. The summed E-state index contributed by atoms with van der Waals surface area (Å²) in [5.74, 6) is -0.327. The van der Waals surface area contributed by atoms with Gasteiger partial charge in [0.2, 0.25) is 0 Å². The monoisotopic (exact) mass is 203 g/mol. The lowest BCUT2D eigenvalue weighted by Gasteiger charge is -2.10. The van der Waals surface area contributed by atoms with Gasteiger partial charge in [0.25, 0.3) is 0 Å². The summed E-state index contributed by atoms with van der Waals surface area (Å²) in [6, 6.07) is -0.480. The summed E-state index contributed by atoms with van der Waals surface area (Å²) in [5, 5.41) is 0. The van der Waals surface area contributed by atoms with Gasteiger partial charge in [-0.1, -0.05) is 20.3 Å². The lowest BCUT2D eigenvalue weighted by Crippen LogP contribution is -2.32. The van der Waals surface area contributed by atoms with Crippen molar-refractivity contribution < 1.29 is 14.3 Å². The van der Waals surface area contributed by atoms with Crippen LogP contribution in [-0.4, -0.2) is 31.8 Å². The van der Waals surface area contributed by atoms with Crippen molar-refractivity contribution in [2.75, 3.05) is 19.8 Å². The smallest absolute Gasteiger partial charge is 0.322 e. The molecule has 2 N–H and O–H groups in total. The number of nitrogens with two attached hydrogens (primary N) is 1. The summed E-state index contributed by atoms with van der Waals surface area (Å²) in [4.78, 5) is 11.2. The second-order valence-corrected chi connectivity index (χ2v) is 3.18. The van der Waals surface area contributed by atoms with Crippen LogP contribution in [0.4, 0.5) is 0 Å². The molecule has 1 atom stereocenters. The van der Waals surface area contributed by atoms with Crippen LogP contribution in [-0.2, 0) is 14.3 Å². The third-order valence-corrected chi connectivity index (χ3v) is 1.72. The van der Waals surface area contributed by atoms with Crippen molar-refractivity contribution in [1.82, 2.24) is 0 Å². The van der Waals surface area contributed by atoms with Crippen LogP contribution >= 0.6 is 0 Å². The van der Waals surface area contributed by atoms with E-state index in [1.165, 1.54) is 0 Å². The van der Waals surface area contributed by atoms with E-state index in [1.54, 1.807) is 0 Å². The van der Waals surface area contributed by atoms with Crippen LogP contribution in [0.1, 0.15) is 33.1 Å². The number of carbonyl (C=O) groups is 1. The van der Waals surface area contributed by atoms with Crippen molar-refractivity contribution in [2.45, 2.75) is 39.2 Å². The van der Waals surface area contributed by atoms with Gasteiger partial charge in [-0.05, 0) is 12.8 Å². The van der Waals surface area contributed by atoms with Crippen molar-refractivity contribution in [1.29, 1.82) is 0 Å². The zero-order chi connectivity index (χ0) is 10.8. The van der Waals surface area contributed by atoms with E-state index < -0.39 is 6.04 Å². The van der Waals surface area contributed by atoms with E-state index in [0.717, 1.165) is 12.8 Å². The molecule has 0 spiro atoms. The number of carbonyl (C=O) groups excluding carboxylic acids is 1. The van der Waals surface area contributed by atoms with E-state index in [-0.39, 0.29) is 5.97 Å². The van der Waals surface area contributed by atoms with Crippen molar-refractivity contribution in [3.05, 3.63) is 0 Å². The van der Waals surface area contributed by atoms with Crippen LogP contribution in [0.25, 0.3) is 0 Å². The Balaban J connectivity index is 3.34. The fourth-order valence-electron chi connectivity index (χ4n) is 0.983. The highest BCUT2D eigenvalue weighted by Gasteiger charge is 2.12. The molecule has 0 rings (SSSR count). The lowest BCUT2D eigenvalue weighted by molar-refractivity contribution is -0.146. The third-order valence-electron chi connectivity index (χ3n) is 1.72. The van der Waals surface area contributed by atoms with E-state index in [4.69, 9.17) is 15.2 Å². The van der Waals surface area contributed by atoms with Gasteiger partial charge in [-0.15, -0.1) is 0 Å². The zero-order valence-electron chi connectivity index (χ0n) is 9.12. The summed E-state index contributed by atoms with van der Waals surface area (Å²) >= 11 is 0. The number of rotatable bonds is 8. The summed E-state index contributed by atoms with van der Waals surface area (Å²) in [5.41, 5.74) is 5.55. The molecular formula is C10H21NO3. The van der Waals surface area contributed by atoms with Gasteiger partial charge in [-0.2, -0.15) is 0 Å². The van der Waals surface area contributed by atoms with Crippen LogP contribution in [0.5, 0.6) is 0 Å². The summed E-state index contributed by atoms with van der Waals surface area (Å²) in [6.45, 7) is 5.48. The highest BCUT2D eigenvalue weighted by Crippen LogP contribution is 1.95. The number of hydrogen-bond acceptors (Lipinski definition) is 4. The number of esters is 1. The first-order valence-electron chi connectivity index (χ1n) is 5.22. The molecule has 0 amide bonds. The molecule has 84 valence electrons. The van der Waals surface area contributed by atoms with E-state index in [0.29, 0.717) is 26.2 Å². The van der Waals surface area contributed by atoms with Gasteiger partial charge in [0, 0.05) is 6.61 Å². The normalized spacial score (nSPS) is 12.5. The Morgan fingerprint density at radius 3 is 2.50 bits per heavy atom. The molecule has 0 saturated heterocycles. The van der Waals surface area contributed by atoms with Crippen LogP contribution in [0.2, 0.25) is 0 Å². The Labute approximate surface area is 85.8 Å². The zero-order valence-corrected chi connectivity index (χ0v) is 9.12. The highest BCUT2D eigenvalue weighted by molar-refractivity contribution is 5.75. The Bertz CT molecular complexity index is 150. The molecule has 0 bridgehead atoms. The number of hydrogen-bond donors (Lipinski definition) is 1. The average Bonchev–Trinajstić information content (AvgIpc) is 2.17. The molecule has 14 heavy (non-hydrogen) atoms. The maximum Gasteiger partial charge on any atom is 0.322 e. The second-order valence-electron chi connectivity index (χ2n) is 3.18. The molecule has 4 nitrogen and oxygen atoms in total. The molecule has 0 aromatic carbocycles. The Morgan fingerprint density at radius 1 is 1.21 bits per heavy atom. The van der Waals surface area contributed by atoms with E-state index >= 15 is 0 Å². The van der Waals surface area contributed by atoms with Gasteiger partial charge in [0.05, 0.1) is 6.61 Å². The lowest BCUT2D eigenvalue weighted by atomic mass is 10.2. The Hall–Kier alpha value is -0.610. The predicted molar refractivity (Wildman–Crippen MR) is 55.0 cm³/mol. The van der Waals surface area contributed by atoms with Crippen LogP contribution in [0.3, 0.4) is 0 Å². The van der Waals surface area contributed by atoms with E-state index in [2.05, 4.69) is 0 Å².